The van der Waals surface area contributed by atoms with E-state index in [-0.39, 0.29) is 19.0 Å². The first-order valence-corrected chi connectivity index (χ1v) is 17.5. The van der Waals surface area contributed by atoms with Gasteiger partial charge >= 0.3 is 6.09 Å². The Bertz CT molecular complexity index is 1490. The highest BCUT2D eigenvalue weighted by molar-refractivity contribution is 5.65. The van der Waals surface area contributed by atoms with Gasteiger partial charge in [0.15, 0.2) is 0 Å². The molecule has 2 atom stereocenters. The lowest BCUT2D eigenvalue weighted by molar-refractivity contribution is -0.0937. The molecular weight excluding hydrogens is 614 g/mol. The predicted octanol–water partition coefficient (Wildman–Crippen LogP) is 9.17. The van der Waals surface area contributed by atoms with E-state index in [1.807, 2.05) is 30.3 Å². The fourth-order valence-corrected chi connectivity index (χ4v) is 6.18. The van der Waals surface area contributed by atoms with E-state index in [1.165, 1.54) is 16.0 Å². The first-order chi connectivity index (χ1) is 23.8. The maximum atomic E-state index is 12.3. The molecule has 1 fully saturated rings. The van der Waals surface area contributed by atoms with Gasteiger partial charge in [-0.1, -0.05) is 119 Å². The molecule has 1 aliphatic rings. The van der Waals surface area contributed by atoms with Crippen LogP contribution in [0.2, 0.25) is 0 Å². The van der Waals surface area contributed by atoms with Crippen molar-refractivity contribution in [2.24, 2.45) is 0 Å². The molecule has 1 N–H and O–H groups in total. The summed E-state index contributed by atoms with van der Waals surface area (Å²) in [7, 11) is 0. The number of carboxylic acid groups (broad SMARTS) is 1. The molecule has 0 saturated carbocycles. The SMILES string of the molecule is CC(C)c1ccc(COC2CN(C(=O)O)CC(OCc3ccc(C(C)C)cc3)C2c2ccc(OCCCOCc3ccccc3)cc2)cc1. The van der Waals surface area contributed by atoms with E-state index in [0.717, 1.165) is 34.4 Å². The van der Waals surface area contributed by atoms with E-state index in [0.29, 0.717) is 44.9 Å². The molecule has 0 aromatic heterocycles. The highest BCUT2D eigenvalue weighted by Gasteiger charge is 2.41. The van der Waals surface area contributed by atoms with Crippen molar-refractivity contribution in [2.75, 3.05) is 26.3 Å². The number of rotatable bonds is 16. The summed E-state index contributed by atoms with van der Waals surface area (Å²) in [6.45, 7) is 11.7. The van der Waals surface area contributed by atoms with Crippen LogP contribution in [-0.2, 0) is 34.0 Å². The largest absolute Gasteiger partial charge is 0.494 e. The van der Waals surface area contributed by atoms with Gasteiger partial charge in [0, 0.05) is 12.3 Å². The van der Waals surface area contributed by atoms with Crippen LogP contribution in [0.5, 0.6) is 5.75 Å². The number of piperidine rings is 1. The van der Waals surface area contributed by atoms with E-state index < -0.39 is 18.3 Å². The van der Waals surface area contributed by atoms with Crippen LogP contribution in [0.3, 0.4) is 0 Å². The molecule has 1 aliphatic heterocycles. The zero-order valence-corrected chi connectivity index (χ0v) is 29.3. The molecule has 4 aromatic rings. The van der Waals surface area contributed by atoms with E-state index in [1.54, 1.807) is 0 Å². The second-order valence-electron chi connectivity index (χ2n) is 13.5. The van der Waals surface area contributed by atoms with Crippen molar-refractivity contribution in [2.45, 2.75) is 83.9 Å². The second-order valence-corrected chi connectivity index (χ2v) is 13.5. The van der Waals surface area contributed by atoms with E-state index in [9.17, 15) is 9.90 Å². The molecule has 7 heteroatoms. The molecular formula is C42H51NO6. The molecule has 0 aliphatic carbocycles. The van der Waals surface area contributed by atoms with Gasteiger partial charge in [0.1, 0.15) is 5.75 Å². The third-order valence-corrected chi connectivity index (χ3v) is 9.17. The minimum absolute atomic E-state index is 0.180. The lowest BCUT2D eigenvalue weighted by atomic mass is 9.84. The second kappa shape index (κ2) is 18.0. The van der Waals surface area contributed by atoms with Crippen LogP contribution in [0, 0.1) is 0 Å². The van der Waals surface area contributed by atoms with Gasteiger partial charge in [0.05, 0.1) is 58.3 Å². The molecule has 1 saturated heterocycles. The number of benzene rings is 4. The Morgan fingerprint density at radius 1 is 0.673 bits per heavy atom. The highest BCUT2D eigenvalue weighted by atomic mass is 16.5. The first-order valence-electron chi connectivity index (χ1n) is 17.5. The zero-order valence-electron chi connectivity index (χ0n) is 29.3. The minimum atomic E-state index is -0.972. The van der Waals surface area contributed by atoms with Crippen LogP contribution in [0.4, 0.5) is 4.79 Å². The Morgan fingerprint density at radius 3 is 1.67 bits per heavy atom. The van der Waals surface area contributed by atoms with Crippen LogP contribution >= 0.6 is 0 Å². The number of amides is 1. The Morgan fingerprint density at radius 2 is 1.18 bits per heavy atom. The molecule has 1 amide bonds. The fourth-order valence-electron chi connectivity index (χ4n) is 6.18. The Hall–Kier alpha value is -4.17. The molecule has 0 spiro atoms. The molecule has 0 radical (unpaired) electrons. The quantitative estimate of drug-likeness (QED) is 0.120. The van der Waals surface area contributed by atoms with Crippen LogP contribution in [-0.4, -0.2) is 54.6 Å². The van der Waals surface area contributed by atoms with Crippen molar-refractivity contribution < 1.29 is 28.8 Å². The van der Waals surface area contributed by atoms with E-state index in [2.05, 4.69) is 100 Å². The molecule has 260 valence electrons. The molecule has 2 unspecified atom stereocenters. The van der Waals surface area contributed by atoms with Crippen molar-refractivity contribution in [3.63, 3.8) is 0 Å². The number of nitrogens with zero attached hydrogens (tertiary/aromatic N) is 1. The lowest BCUT2D eigenvalue weighted by Crippen LogP contribution is -2.54. The number of carbonyl (C=O) groups is 1. The topological polar surface area (TPSA) is 77.5 Å². The maximum absolute atomic E-state index is 12.3. The highest BCUT2D eigenvalue weighted by Crippen LogP contribution is 2.35. The first kappa shape index (κ1) is 36.1. The van der Waals surface area contributed by atoms with Crippen LogP contribution in [0.15, 0.2) is 103 Å². The Labute approximate surface area is 291 Å². The lowest BCUT2D eigenvalue weighted by Gasteiger charge is -2.42. The van der Waals surface area contributed by atoms with Gasteiger partial charge in [0.2, 0.25) is 0 Å². The average molecular weight is 666 g/mol. The fraction of sp³-hybridized carbons (Fsp3) is 0.405. The van der Waals surface area contributed by atoms with E-state index in [4.69, 9.17) is 18.9 Å². The van der Waals surface area contributed by atoms with Gasteiger partial charge in [-0.3, -0.25) is 0 Å². The molecule has 1 heterocycles. The zero-order chi connectivity index (χ0) is 34.6. The van der Waals surface area contributed by atoms with Crippen molar-refractivity contribution in [1.29, 1.82) is 0 Å². The van der Waals surface area contributed by atoms with Gasteiger partial charge in [0.25, 0.3) is 0 Å². The monoisotopic (exact) mass is 665 g/mol. The number of hydrogen-bond donors (Lipinski definition) is 1. The summed E-state index contributed by atoms with van der Waals surface area (Å²) in [6.07, 6.45) is -1.00. The minimum Gasteiger partial charge on any atom is -0.494 e. The van der Waals surface area contributed by atoms with Crippen molar-refractivity contribution >= 4 is 6.09 Å². The van der Waals surface area contributed by atoms with Crippen molar-refractivity contribution in [1.82, 2.24) is 4.90 Å². The molecule has 0 bridgehead atoms. The van der Waals surface area contributed by atoms with Gasteiger partial charge < -0.3 is 29.0 Å². The summed E-state index contributed by atoms with van der Waals surface area (Å²) < 4.78 is 25.0. The summed E-state index contributed by atoms with van der Waals surface area (Å²) in [5.74, 6) is 1.49. The number of likely N-dealkylation sites (tertiary alicyclic amines) is 1. The molecule has 49 heavy (non-hydrogen) atoms. The summed E-state index contributed by atoms with van der Waals surface area (Å²) in [6, 6.07) is 35.1. The summed E-state index contributed by atoms with van der Waals surface area (Å²) in [4.78, 5) is 13.7. The normalized spacial score (nSPS) is 17.8. The smallest absolute Gasteiger partial charge is 0.407 e. The van der Waals surface area contributed by atoms with Gasteiger partial charge in [-0.25, -0.2) is 4.79 Å². The van der Waals surface area contributed by atoms with Crippen LogP contribution in [0.25, 0.3) is 0 Å². The van der Waals surface area contributed by atoms with Crippen molar-refractivity contribution in [3.8, 4) is 5.75 Å². The van der Waals surface area contributed by atoms with Crippen molar-refractivity contribution in [3.05, 3.63) is 137 Å². The summed E-state index contributed by atoms with van der Waals surface area (Å²) in [5, 5.41) is 10.1. The summed E-state index contributed by atoms with van der Waals surface area (Å²) >= 11 is 0. The molecule has 7 nitrogen and oxygen atoms in total. The van der Waals surface area contributed by atoms with E-state index >= 15 is 0 Å². The third-order valence-electron chi connectivity index (χ3n) is 9.17. The standard InChI is InChI=1S/C42H51NO6/c1-30(2)35-15-11-33(12-16-35)28-48-39-25-43(42(44)45)26-40(49-29-34-13-17-36(18-14-34)31(3)4)41(39)37-19-21-38(22-20-37)47-24-8-23-46-27-32-9-6-5-7-10-32/h5-7,9-22,30-31,39-41H,8,23-29H2,1-4H3,(H,44,45). The van der Waals surface area contributed by atoms with Gasteiger partial charge in [-0.15, -0.1) is 0 Å². The molecule has 5 rings (SSSR count). The summed E-state index contributed by atoms with van der Waals surface area (Å²) in [5.41, 5.74) is 6.83. The Balaban J connectivity index is 1.27. The number of hydrogen-bond acceptors (Lipinski definition) is 5. The predicted molar refractivity (Wildman–Crippen MR) is 193 cm³/mol. The molecule has 4 aromatic carbocycles. The third kappa shape index (κ3) is 10.7. The van der Waals surface area contributed by atoms with Crippen LogP contribution < -0.4 is 4.74 Å². The average Bonchev–Trinajstić information content (AvgIpc) is 3.12. The number of ether oxygens (including phenoxy) is 4. The van der Waals surface area contributed by atoms with Crippen LogP contribution in [0.1, 0.15) is 85.3 Å². The maximum Gasteiger partial charge on any atom is 0.407 e. The Kier molecular flexibility index (Phi) is 13.3. The van der Waals surface area contributed by atoms with Gasteiger partial charge in [-0.05, 0) is 57.3 Å². The van der Waals surface area contributed by atoms with Gasteiger partial charge in [-0.2, -0.15) is 0 Å².